The molecule has 3 aromatic rings. The number of carbonyl (C=O) groups excluding carboxylic acids is 3. The third-order valence-corrected chi connectivity index (χ3v) is 8.14. The Hall–Kier alpha value is -3.83. The van der Waals surface area contributed by atoms with Crippen molar-refractivity contribution in [1.29, 1.82) is 0 Å². The second kappa shape index (κ2) is 14.6. The van der Waals surface area contributed by atoms with E-state index in [-0.39, 0.29) is 37.0 Å². The van der Waals surface area contributed by atoms with E-state index in [2.05, 4.69) is 25.8 Å². The molecular formula is C31H41F2N7O3. The Kier molecular flexibility index (Phi) is 10.9. The van der Waals surface area contributed by atoms with Gasteiger partial charge in [-0.15, -0.1) is 10.2 Å². The van der Waals surface area contributed by atoms with Crippen LogP contribution in [-0.4, -0.2) is 60.7 Å². The molecular weight excluding hydrogens is 556 g/mol. The average molecular weight is 598 g/mol. The van der Waals surface area contributed by atoms with Crippen molar-refractivity contribution in [3.8, 4) is 11.3 Å². The van der Waals surface area contributed by atoms with Crippen LogP contribution in [0.3, 0.4) is 0 Å². The molecule has 1 saturated carbocycles. The summed E-state index contributed by atoms with van der Waals surface area (Å²) in [5.74, 6) is -7.90. The number of fused-ring (bicyclic) bond motifs is 1. The van der Waals surface area contributed by atoms with Crippen molar-refractivity contribution in [1.82, 2.24) is 35.2 Å². The molecule has 0 radical (unpaired) electrons. The van der Waals surface area contributed by atoms with Gasteiger partial charge in [0, 0.05) is 30.7 Å². The number of hydrogen-bond donors (Lipinski definition) is 2. The van der Waals surface area contributed by atoms with Gasteiger partial charge in [0.15, 0.2) is 5.65 Å². The normalized spacial score (nSPS) is 15.7. The highest BCUT2D eigenvalue weighted by atomic mass is 19.3. The van der Waals surface area contributed by atoms with Crippen LogP contribution in [0.1, 0.15) is 83.7 Å². The fourth-order valence-electron chi connectivity index (χ4n) is 5.41. The van der Waals surface area contributed by atoms with Crippen molar-refractivity contribution in [3.63, 3.8) is 0 Å². The summed E-state index contributed by atoms with van der Waals surface area (Å²) in [4.78, 5) is 47.8. The average Bonchev–Trinajstić information content (AvgIpc) is 3.42. The van der Waals surface area contributed by atoms with Crippen LogP contribution in [0.2, 0.25) is 0 Å². The van der Waals surface area contributed by atoms with Gasteiger partial charge in [-0.3, -0.25) is 23.8 Å². The number of amides is 2. The Morgan fingerprint density at radius 1 is 1.14 bits per heavy atom. The molecule has 3 aromatic heterocycles. The van der Waals surface area contributed by atoms with Crippen molar-refractivity contribution < 1.29 is 23.2 Å². The molecule has 1 aliphatic carbocycles. The molecule has 232 valence electrons. The molecule has 12 heteroatoms. The number of pyridine rings is 1. The summed E-state index contributed by atoms with van der Waals surface area (Å²) < 4.78 is 32.0. The number of nitrogens with zero attached hydrogens (tertiary/aromatic N) is 5. The SMILES string of the molecule is CCCc1nc(-c2cccnc2)cn2c(CC(=O)N[C@@H](CC3CCCCC3)C(=O)C(F)(F)C(=O)NCC(C)CC)nnc12. The van der Waals surface area contributed by atoms with Crippen LogP contribution in [0.15, 0.2) is 30.7 Å². The minimum atomic E-state index is -4.28. The number of hydrogen-bond acceptors (Lipinski definition) is 7. The van der Waals surface area contributed by atoms with Crippen LogP contribution < -0.4 is 10.6 Å². The number of nitrogens with one attached hydrogen (secondary N) is 2. The van der Waals surface area contributed by atoms with Crippen LogP contribution in [0, 0.1) is 11.8 Å². The maximum Gasteiger partial charge on any atom is 0.383 e. The molecule has 2 amide bonds. The highest BCUT2D eigenvalue weighted by Crippen LogP contribution is 2.30. The van der Waals surface area contributed by atoms with E-state index in [1.807, 2.05) is 26.8 Å². The second-order valence-corrected chi connectivity index (χ2v) is 11.6. The Labute approximate surface area is 250 Å². The number of alkyl halides is 2. The van der Waals surface area contributed by atoms with E-state index in [9.17, 15) is 14.4 Å². The molecule has 2 atom stereocenters. The quantitative estimate of drug-likeness (QED) is 0.262. The first-order chi connectivity index (χ1) is 20.6. The Morgan fingerprint density at radius 3 is 2.58 bits per heavy atom. The molecule has 1 aliphatic rings. The number of halogens is 2. The molecule has 43 heavy (non-hydrogen) atoms. The zero-order valence-electron chi connectivity index (χ0n) is 25.1. The number of Topliss-reactive ketones (excluding diaryl/α,β-unsaturated/α-hetero) is 1. The van der Waals surface area contributed by atoms with Gasteiger partial charge in [-0.05, 0) is 36.8 Å². The van der Waals surface area contributed by atoms with Gasteiger partial charge in [-0.2, -0.15) is 8.78 Å². The van der Waals surface area contributed by atoms with Crippen LogP contribution in [0.25, 0.3) is 16.9 Å². The molecule has 0 aliphatic heterocycles. The fourth-order valence-corrected chi connectivity index (χ4v) is 5.41. The largest absolute Gasteiger partial charge is 0.383 e. The van der Waals surface area contributed by atoms with E-state index in [0.717, 1.165) is 44.1 Å². The zero-order chi connectivity index (χ0) is 31.0. The first-order valence-corrected chi connectivity index (χ1v) is 15.3. The smallest absolute Gasteiger partial charge is 0.350 e. The van der Waals surface area contributed by atoms with Gasteiger partial charge in [0.25, 0.3) is 5.91 Å². The van der Waals surface area contributed by atoms with Gasteiger partial charge in [0.05, 0.1) is 23.9 Å². The van der Waals surface area contributed by atoms with Gasteiger partial charge >= 0.3 is 5.92 Å². The standard InChI is InChI=1S/C31H41F2N7O3/c1-4-10-23-29-39-38-26(40(29)19-25(36-23)22-13-9-14-34-18-22)16-27(41)37-24(15-21-11-7-6-8-12-21)28(42)31(32,33)30(43)35-17-20(3)5-2/h9,13-14,18-21,24H,4-8,10-12,15-17H2,1-3H3,(H,35,43)(H,37,41)/t20?,24-/m0/s1. The number of aryl methyl sites for hydroxylation is 1. The Morgan fingerprint density at radius 2 is 1.91 bits per heavy atom. The number of aromatic nitrogens is 5. The van der Waals surface area contributed by atoms with Gasteiger partial charge in [-0.1, -0.05) is 65.7 Å². The summed E-state index contributed by atoms with van der Waals surface area (Å²) in [7, 11) is 0. The van der Waals surface area contributed by atoms with E-state index in [1.165, 1.54) is 0 Å². The molecule has 2 N–H and O–H groups in total. The van der Waals surface area contributed by atoms with Crippen LogP contribution in [-0.2, 0) is 27.2 Å². The van der Waals surface area contributed by atoms with Gasteiger partial charge in [0.1, 0.15) is 5.82 Å². The molecule has 4 rings (SSSR count). The minimum absolute atomic E-state index is 0.000568. The van der Waals surface area contributed by atoms with Crippen molar-refractivity contribution in [3.05, 3.63) is 42.2 Å². The van der Waals surface area contributed by atoms with Gasteiger partial charge in [0.2, 0.25) is 11.7 Å². The first kappa shape index (κ1) is 32.1. The number of ketones is 1. The lowest BCUT2D eigenvalue weighted by molar-refractivity contribution is -0.160. The van der Waals surface area contributed by atoms with Crippen LogP contribution >= 0.6 is 0 Å². The second-order valence-electron chi connectivity index (χ2n) is 11.6. The van der Waals surface area contributed by atoms with Crippen LogP contribution in [0.4, 0.5) is 8.78 Å². The lowest BCUT2D eigenvalue weighted by Crippen LogP contribution is -2.55. The molecule has 0 aromatic carbocycles. The van der Waals surface area contributed by atoms with Gasteiger partial charge in [-0.25, -0.2) is 4.98 Å². The predicted molar refractivity (Wildman–Crippen MR) is 157 cm³/mol. The highest BCUT2D eigenvalue weighted by Gasteiger charge is 2.50. The molecule has 0 spiro atoms. The highest BCUT2D eigenvalue weighted by molar-refractivity contribution is 6.10. The summed E-state index contributed by atoms with van der Waals surface area (Å²) in [6, 6.07) is 2.15. The van der Waals surface area contributed by atoms with Crippen LogP contribution in [0.5, 0.6) is 0 Å². The molecule has 1 unspecified atom stereocenters. The molecule has 10 nitrogen and oxygen atoms in total. The topological polar surface area (TPSA) is 131 Å². The lowest BCUT2D eigenvalue weighted by Gasteiger charge is -2.28. The Bertz CT molecular complexity index is 1410. The van der Waals surface area contributed by atoms with Crippen molar-refractivity contribution in [2.45, 2.75) is 96.9 Å². The van der Waals surface area contributed by atoms with Crippen molar-refractivity contribution in [2.75, 3.05) is 6.54 Å². The summed E-state index contributed by atoms with van der Waals surface area (Å²) >= 11 is 0. The maximum absolute atomic E-state index is 15.2. The maximum atomic E-state index is 15.2. The third-order valence-electron chi connectivity index (χ3n) is 8.14. The van der Waals surface area contributed by atoms with Gasteiger partial charge < -0.3 is 10.6 Å². The molecule has 1 fully saturated rings. The summed E-state index contributed by atoms with van der Waals surface area (Å²) in [6.07, 6.45) is 11.4. The number of rotatable bonds is 14. The first-order valence-electron chi connectivity index (χ1n) is 15.3. The minimum Gasteiger partial charge on any atom is -0.350 e. The summed E-state index contributed by atoms with van der Waals surface area (Å²) in [5, 5.41) is 13.2. The van der Waals surface area contributed by atoms with E-state index in [4.69, 9.17) is 4.98 Å². The lowest BCUT2D eigenvalue weighted by atomic mass is 9.83. The summed E-state index contributed by atoms with van der Waals surface area (Å²) in [6.45, 7) is 5.76. The van der Waals surface area contributed by atoms with Crippen molar-refractivity contribution in [2.24, 2.45) is 11.8 Å². The predicted octanol–water partition coefficient (Wildman–Crippen LogP) is 4.50. The molecule has 0 saturated heterocycles. The fraction of sp³-hybridized carbons (Fsp3) is 0.581. The van der Waals surface area contributed by atoms with E-state index in [0.29, 0.717) is 29.9 Å². The molecule has 0 bridgehead atoms. The van der Waals surface area contributed by atoms with E-state index < -0.39 is 29.6 Å². The Balaban J connectivity index is 1.57. The molecule has 3 heterocycles. The third kappa shape index (κ3) is 7.97. The van der Waals surface area contributed by atoms with Crippen molar-refractivity contribution >= 4 is 23.2 Å². The van der Waals surface area contributed by atoms with E-state index >= 15 is 8.78 Å². The number of carbonyl (C=O) groups is 3. The zero-order valence-corrected chi connectivity index (χ0v) is 25.1. The summed E-state index contributed by atoms with van der Waals surface area (Å²) in [5.41, 5.74) is 2.60. The van der Waals surface area contributed by atoms with E-state index in [1.54, 1.807) is 29.1 Å². The monoisotopic (exact) mass is 597 g/mol.